The van der Waals surface area contributed by atoms with Crippen LogP contribution in [0.25, 0.3) is 0 Å². The summed E-state index contributed by atoms with van der Waals surface area (Å²) in [4.78, 5) is 0. The highest BCUT2D eigenvalue weighted by Gasteiger charge is 2.14. The van der Waals surface area contributed by atoms with Gasteiger partial charge in [0, 0.05) is 6.61 Å². The fraction of sp³-hybridized carbons (Fsp3) is 0.562. The molecule has 0 amide bonds. The van der Waals surface area contributed by atoms with E-state index in [1.165, 1.54) is 6.42 Å². The summed E-state index contributed by atoms with van der Waals surface area (Å²) in [5.74, 6) is -0.145. The molecule has 0 radical (unpaired) electrons. The molecule has 0 aromatic heterocycles. The Kier molecular flexibility index (Phi) is 6.79. The Morgan fingerprint density at radius 3 is 2.86 bits per heavy atom. The van der Waals surface area contributed by atoms with Crippen molar-refractivity contribution < 1.29 is 4.74 Å². The molecule has 1 fully saturated rings. The molecule has 1 heterocycles. The van der Waals surface area contributed by atoms with E-state index in [1.54, 1.807) is 12.1 Å². The van der Waals surface area contributed by atoms with Crippen LogP contribution in [0.3, 0.4) is 0 Å². The number of nitrogens with one attached hydrogen (secondary N) is 1. The van der Waals surface area contributed by atoms with Crippen molar-refractivity contribution in [2.45, 2.75) is 44.2 Å². The van der Waals surface area contributed by atoms with Crippen LogP contribution in [0, 0.1) is 11.3 Å². The van der Waals surface area contributed by atoms with Crippen LogP contribution in [0.15, 0.2) is 18.2 Å². The highest BCUT2D eigenvalue weighted by atomic mass is 35.5. The molecule has 0 bridgehead atoms. The van der Waals surface area contributed by atoms with Crippen LogP contribution in [0.1, 0.15) is 43.6 Å². The first-order valence-electron chi connectivity index (χ1n) is 7.40. The Bertz CT molecular complexity index is 496. The van der Waals surface area contributed by atoms with Gasteiger partial charge in [0.1, 0.15) is 6.23 Å². The molecule has 1 aliphatic heterocycles. The Morgan fingerprint density at radius 1 is 1.33 bits per heavy atom. The van der Waals surface area contributed by atoms with Gasteiger partial charge in [-0.15, -0.1) is 0 Å². The number of hydrogen-bond acceptors (Lipinski definition) is 3. The molecule has 0 saturated carbocycles. The van der Waals surface area contributed by atoms with Crippen molar-refractivity contribution in [3.63, 3.8) is 0 Å². The third-order valence-electron chi connectivity index (χ3n) is 3.72. The normalized spacial score (nSPS) is 20.0. The van der Waals surface area contributed by atoms with Gasteiger partial charge in [0.05, 0.1) is 22.0 Å². The van der Waals surface area contributed by atoms with Gasteiger partial charge in [-0.3, -0.25) is 5.32 Å². The molecule has 0 aliphatic carbocycles. The molecule has 1 saturated heterocycles. The van der Waals surface area contributed by atoms with Gasteiger partial charge >= 0.3 is 0 Å². The predicted octanol–water partition coefficient (Wildman–Crippen LogP) is 4.50. The SMILES string of the molecule is N#CC(CCCNC1CCCCO1)c1ccc(Cl)c(Cl)c1. The Hall–Kier alpha value is -0.790. The van der Waals surface area contributed by atoms with E-state index in [0.717, 1.165) is 44.4 Å². The quantitative estimate of drug-likeness (QED) is 0.783. The van der Waals surface area contributed by atoms with Gasteiger partial charge < -0.3 is 4.74 Å². The molecular formula is C16H20Cl2N2O. The number of nitrogens with zero attached hydrogens (tertiary/aromatic N) is 1. The largest absolute Gasteiger partial charge is 0.363 e. The molecule has 21 heavy (non-hydrogen) atoms. The summed E-state index contributed by atoms with van der Waals surface area (Å²) in [5.41, 5.74) is 0.931. The Balaban J connectivity index is 1.77. The first-order valence-corrected chi connectivity index (χ1v) is 8.16. The Labute approximate surface area is 136 Å². The molecular weight excluding hydrogens is 307 g/mol. The molecule has 1 aliphatic rings. The smallest absolute Gasteiger partial charge is 0.108 e. The molecule has 1 aromatic carbocycles. The maximum absolute atomic E-state index is 9.32. The van der Waals surface area contributed by atoms with Crippen molar-refractivity contribution in [2.75, 3.05) is 13.2 Å². The molecule has 1 aromatic rings. The zero-order valence-electron chi connectivity index (χ0n) is 11.9. The summed E-state index contributed by atoms with van der Waals surface area (Å²) in [6.45, 7) is 1.71. The number of hydrogen-bond donors (Lipinski definition) is 1. The minimum atomic E-state index is -0.145. The van der Waals surface area contributed by atoms with Crippen molar-refractivity contribution in [3.8, 4) is 6.07 Å². The molecule has 5 heteroatoms. The van der Waals surface area contributed by atoms with Gasteiger partial charge in [0.25, 0.3) is 0 Å². The van der Waals surface area contributed by atoms with Gasteiger partial charge in [-0.2, -0.15) is 5.26 Å². The third-order valence-corrected chi connectivity index (χ3v) is 4.46. The van der Waals surface area contributed by atoms with Gasteiger partial charge in [0.15, 0.2) is 0 Å². The molecule has 3 nitrogen and oxygen atoms in total. The number of rotatable bonds is 6. The van der Waals surface area contributed by atoms with Crippen LogP contribution in [-0.4, -0.2) is 19.4 Å². The lowest BCUT2D eigenvalue weighted by molar-refractivity contribution is -0.00515. The number of benzene rings is 1. The monoisotopic (exact) mass is 326 g/mol. The van der Waals surface area contributed by atoms with Gasteiger partial charge in [-0.25, -0.2) is 0 Å². The average molecular weight is 327 g/mol. The summed E-state index contributed by atoms with van der Waals surface area (Å²) >= 11 is 11.9. The molecule has 114 valence electrons. The van der Waals surface area contributed by atoms with E-state index in [4.69, 9.17) is 27.9 Å². The molecule has 2 rings (SSSR count). The van der Waals surface area contributed by atoms with Crippen LogP contribution in [0.4, 0.5) is 0 Å². The lowest BCUT2D eigenvalue weighted by Crippen LogP contribution is -2.35. The summed E-state index contributed by atoms with van der Waals surface area (Å²) in [5, 5.41) is 13.7. The minimum absolute atomic E-state index is 0.145. The van der Waals surface area contributed by atoms with Crippen molar-refractivity contribution >= 4 is 23.2 Å². The Morgan fingerprint density at radius 2 is 2.19 bits per heavy atom. The minimum Gasteiger partial charge on any atom is -0.363 e. The van der Waals surface area contributed by atoms with Gasteiger partial charge in [-0.05, 0) is 56.3 Å². The zero-order chi connectivity index (χ0) is 15.1. The second-order valence-electron chi connectivity index (χ2n) is 5.31. The number of nitriles is 1. The third kappa shape index (κ3) is 5.16. The van der Waals surface area contributed by atoms with Crippen molar-refractivity contribution in [2.24, 2.45) is 0 Å². The summed E-state index contributed by atoms with van der Waals surface area (Å²) in [6, 6.07) is 7.75. The van der Waals surface area contributed by atoms with Crippen LogP contribution < -0.4 is 5.32 Å². The number of ether oxygens (including phenoxy) is 1. The summed E-state index contributed by atoms with van der Waals surface area (Å²) in [6.07, 6.45) is 5.37. The van der Waals surface area contributed by atoms with Gasteiger partial charge in [-0.1, -0.05) is 29.3 Å². The molecule has 2 atom stereocenters. The van der Waals surface area contributed by atoms with Crippen LogP contribution in [0.2, 0.25) is 10.0 Å². The first kappa shape index (κ1) is 16.6. The second-order valence-corrected chi connectivity index (χ2v) is 6.12. The fourth-order valence-corrected chi connectivity index (χ4v) is 2.81. The van der Waals surface area contributed by atoms with Crippen molar-refractivity contribution in [3.05, 3.63) is 33.8 Å². The lowest BCUT2D eigenvalue weighted by Gasteiger charge is -2.23. The van der Waals surface area contributed by atoms with E-state index < -0.39 is 0 Å². The highest BCUT2D eigenvalue weighted by molar-refractivity contribution is 6.42. The number of halogens is 2. The average Bonchev–Trinajstić information content (AvgIpc) is 2.51. The topological polar surface area (TPSA) is 45.0 Å². The molecule has 0 spiro atoms. The van der Waals surface area contributed by atoms with E-state index >= 15 is 0 Å². The second kappa shape index (κ2) is 8.60. The maximum atomic E-state index is 9.32. The molecule has 1 N–H and O–H groups in total. The fourth-order valence-electron chi connectivity index (χ4n) is 2.51. The highest BCUT2D eigenvalue weighted by Crippen LogP contribution is 2.28. The summed E-state index contributed by atoms with van der Waals surface area (Å²) < 4.78 is 5.62. The van der Waals surface area contributed by atoms with Crippen LogP contribution in [-0.2, 0) is 4.74 Å². The predicted molar refractivity (Wildman–Crippen MR) is 85.6 cm³/mol. The van der Waals surface area contributed by atoms with E-state index in [1.807, 2.05) is 6.07 Å². The van der Waals surface area contributed by atoms with Gasteiger partial charge in [0.2, 0.25) is 0 Å². The zero-order valence-corrected chi connectivity index (χ0v) is 13.5. The van der Waals surface area contributed by atoms with E-state index in [0.29, 0.717) is 10.0 Å². The summed E-state index contributed by atoms with van der Waals surface area (Å²) in [7, 11) is 0. The van der Waals surface area contributed by atoms with E-state index in [-0.39, 0.29) is 12.1 Å². The van der Waals surface area contributed by atoms with E-state index in [2.05, 4.69) is 11.4 Å². The van der Waals surface area contributed by atoms with Crippen molar-refractivity contribution in [1.29, 1.82) is 5.26 Å². The van der Waals surface area contributed by atoms with Crippen molar-refractivity contribution in [1.82, 2.24) is 5.32 Å². The van der Waals surface area contributed by atoms with Crippen LogP contribution in [0.5, 0.6) is 0 Å². The standard InChI is InChI=1S/C16H20Cl2N2O/c17-14-7-6-12(10-15(14)18)13(11-19)4-3-8-20-16-5-1-2-9-21-16/h6-7,10,13,16,20H,1-5,8-9H2. The first-order chi connectivity index (χ1) is 10.2. The molecule has 2 unspecified atom stereocenters. The van der Waals surface area contributed by atoms with Crippen LogP contribution >= 0.6 is 23.2 Å². The van der Waals surface area contributed by atoms with E-state index in [9.17, 15) is 5.26 Å². The maximum Gasteiger partial charge on any atom is 0.108 e. The lowest BCUT2D eigenvalue weighted by atomic mass is 9.96.